The van der Waals surface area contributed by atoms with Gasteiger partial charge in [0.2, 0.25) is 0 Å². The molecule has 7 heteroatoms. The second kappa shape index (κ2) is 10.8. The van der Waals surface area contributed by atoms with Crippen LogP contribution in [0.3, 0.4) is 0 Å². The van der Waals surface area contributed by atoms with Crippen LogP contribution in [0.5, 0.6) is 0 Å². The first-order valence-corrected chi connectivity index (χ1v) is 8.98. The standard InChI is InChI=1S/C18H26BrN5.HI/c1-18(2,15-7-4-8-16(19)13-15)14-22-17(20-3)21-9-5-11-24-12-6-10-23-24;/h4,6-8,10,12-13H,5,9,11,14H2,1-3H3,(H2,20,21,22);1H. The van der Waals surface area contributed by atoms with E-state index < -0.39 is 0 Å². The molecular weight excluding hydrogens is 493 g/mol. The summed E-state index contributed by atoms with van der Waals surface area (Å²) in [4.78, 5) is 4.30. The first-order valence-electron chi connectivity index (χ1n) is 8.19. The van der Waals surface area contributed by atoms with E-state index in [9.17, 15) is 0 Å². The van der Waals surface area contributed by atoms with E-state index in [2.05, 4.69) is 68.7 Å². The van der Waals surface area contributed by atoms with E-state index in [4.69, 9.17) is 0 Å². The van der Waals surface area contributed by atoms with Gasteiger partial charge < -0.3 is 10.6 Å². The average molecular weight is 520 g/mol. The van der Waals surface area contributed by atoms with Crippen molar-refractivity contribution in [2.45, 2.75) is 32.2 Å². The lowest BCUT2D eigenvalue weighted by molar-refractivity contribution is 0.506. The third-order valence-corrected chi connectivity index (χ3v) is 4.44. The number of aryl methyl sites for hydroxylation is 1. The van der Waals surface area contributed by atoms with Gasteiger partial charge in [0.05, 0.1) is 0 Å². The van der Waals surface area contributed by atoms with Crippen LogP contribution in [0.2, 0.25) is 0 Å². The summed E-state index contributed by atoms with van der Waals surface area (Å²) in [5, 5.41) is 11.0. The Morgan fingerprint density at radius 1 is 1.28 bits per heavy atom. The number of halogens is 2. The van der Waals surface area contributed by atoms with Crippen LogP contribution in [0, 0.1) is 0 Å². The first-order chi connectivity index (χ1) is 11.5. The van der Waals surface area contributed by atoms with E-state index in [-0.39, 0.29) is 29.4 Å². The number of aliphatic imine (C=N–C) groups is 1. The maximum atomic E-state index is 4.30. The van der Waals surface area contributed by atoms with Crippen molar-refractivity contribution in [2.75, 3.05) is 20.1 Å². The van der Waals surface area contributed by atoms with Crippen molar-refractivity contribution >= 4 is 45.9 Å². The molecule has 25 heavy (non-hydrogen) atoms. The number of nitrogens with zero attached hydrogens (tertiary/aromatic N) is 3. The molecule has 0 saturated heterocycles. The SMILES string of the molecule is CN=C(NCCCn1cccn1)NCC(C)(C)c1cccc(Br)c1.I. The molecule has 1 heterocycles. The Morgan fingerprint density at radius 2 is 2.08 bits per heavy atom. The molecule has 1 aromatic heterocycles. The second-order valence-electron chi connectivity index (χ2n) is 6.37. The van der Waals surface area contributed by atoms with Gasteiger partial charge >= 0.3 is 0 Å². The lowest BCUT2D eigenvalue weighted by Gasteiger charge is -2.27. The Bertz CT molecular complexity index is 655. The Balaban J connectivity index is 0.00000312. The fourth-order valence-corrected chi connectivity index (χ4v) is 2.82. The van der Waals surface area contributed by atoms with Crippen molar-refractivity contribution in [3.8, 4) is 0 Å². The molecule has 5 nitrogen and oxygen atoms in total. The average Bonchev–Trinajstić information content (AvgIpc) is 3.07. The fraction of sp³-hybridized carbons (Fsp3) is 0.444. The molecule has 0 fully saturated rings. The maximum absolute atomic E-state index is 4.30. The number of aromatic nitrogens is 2. The minimum atomic E-state index is 0. The van der Waals surface area contributed by atoms with E-state index >= 15 is 0 Å². The van der Waals surface area contributed by atoms with Crippen molar-refractivity contribution in [3.05, 3.63) is 52.8 Å². The maximum Gasteiger partial charge on any atom is 0.191 e. The van der Waals surface area contributed by atoms with Gasteiger partial charge in [-0.05, 0) is 30.2 Å². The number of benzene rings is 1. The first kappa shape index (κ1) is 22.0. The molecule has 0 aliphatic rings. The van der Waals surface area contributed by atoms with Crippen LogP contribution in [-0.4, -0.2) is 35.9 Å². The molecule has 2 rings (SSSR count). The smallest absolute Gasteiger partial charge is 0.191 e. The molecule has 0 unspecified atom stereocenters. The zero-order chi connectivity index (χ0) is 17.4. The van der Waals surface area contributed by atoms with Crippen LogP contribution in [0.15, 0.2) is 52.2 Å². The van der Waals surface area contributed by atoms with Gasteiger partial charge in [-0.2, -0.15) is 5.10 Å². The number of guanidine groups is 1. The number of nitrogens with one attached hydrogen (secondary N) is 2. The highest BCUT2D eigenvalue weighted by Crippen LogP contribution is 2.24. The molecular formula is C18H27BrIN5. The van der Waals surface area contributed by atoms with Crippen LogP contribution < -0.4 is 10.6 Å². The van der Waals surface area contributed by atoms with Gasteiger partial charge in [0, 0.05) is 49.0 Å². The number of hydrogen-bond donors (Lipinski definition) is 2. The zero-order valence-electron chi connectivity index (χ0n) is 15.0. The van der Waals surface area contributed by atoms with Gasteiger partial charge in [-0.15, -0.1) is 24.0 Å². The van der Waals surface area contributed by atoms with Crippen LogP contribution in [-0.2, 0) is 12.0 Å². The Kier molecular flexibility index (Phi) is 9.48. The molecule has 2 N–H and O–H groups in total. The van der Waals surface area contributed by atoms with Gasteiger partial charge in [0.25, 0.3) is 0 Å². The van der Waals surface area contributed by atoms with E-state index in [0.29, 0.717) is 0 Å². The van der Waals surface area contributed by atoms with Gasteiger partial charge in [0.15, 0.2) is 5.96 Å². The quantitative estimate of drug-likeness (QED) is 0.253. The zero-order valence-corrected chi connectivity index (χ0v) is 18.9. The Labute approximate surface area is 175 Å². The van der Waals surface area contributed by atoms with E-state index in [0.717, 1.165) is 36.5 Å². The molecule has 0 amide bonds. The van der Waals surface area contributed by atoms with Crippen molar-refractivity contribution in [1.82, 2.24) is 20.4 Å². The largest absolute Gasteiger partial charge is 0.356 e. The molecule has 0 aliphatic heterocycles. The molecule has 0 atom stereocenters. The third kappa shape index (κ3) is 7.35. The monoisotopic (exact) mass is 519 g/mol. The van der Waals surface area contributed by atoms with Gasteiger partial charge in [-0.1, -0.05) is 41.9 Å². The van der Waals surface area contributed by atoms with Crippen molar-refractivity contribution in [3.63, 3.8) is 0 Å². The highest BCUT2D eigenvalue weighted by molar-refractivity contribution is 14.0. The van der Waals surface area contributed by atoms with Crippen molar-refractivity contribution in [1.29, 1.82) is 0 Å². The number of rotatable bonds is 7. The minimum absolute atomic E-state index is 0. The van der Waals surface area contributed by atoms with E-state index in [1.165, 1.54) is 5.56 Å². The highest BCUT2D eigenvalue weighted by Gasteiger charge is 2.21. The predicted molar refractivity (Wildman–Crippen MR) is 119 cm³/mol. The summed E-state index contributed by atoms with van der Waals surface area (Å²) >= 11 is 3.54. The van der Waals surface area contributed by atoms with Gasteiger partial charge in [-0.25, -0.2) is 0 Å². The summed E-state index contributed by atoms with van der Waals surface area (Å²) in [6.45, 7) is 7.03. The summed E-state index contributed by atoms with van der Waals surface area (Å²) in [5.74, 6) is 0.832. The topological polar surface area (TPSA) is 54.2 Å². The predicted octanol–water partition coefficient (Wildman–Crippen LogP) is 3.80. The summed E-state index contributed by atoms with van der Waals surface area (Å²) in [7, 11) is 1.80. The summed E-state index contributed by atoms with van der Waals surface area (Å²) in [6, 6.07) is 10.4. The van der Waals surface area contributed by atoms with Crippen LogP contribution in [0.4, 0.5) is 0 Å². The molecule has 0 saturated carbocycles. The molecule has 138 valence electrons. The summed E-state index contributed by atoms with van der Waals surface area (Å²) in [6.07, 6.45) is 4.78. The van der Waals surface area contributed by atoms with Crippen LogP contribution >= 0.6 is 39.9 Å². The van der Waals surface area contributed by atoms with Crippen molar-refractivity contribution < 1.29 is 0 Å². The lowest BCUT2D eigenvalue weighted by Crippen LogP contribution is -2.43. The fourth-order valence-electron chi connectivity index (χ4n) is 2.42. The lowest BCUT2D eigenvalue weighted by atomic mass is 9.85. The molecule has 0 bridgehead atoms. The Hall–Kier alpha value is -1.09. The molecule has 0 radical (unpaired) electrons. The third-order valence-electron chi connectivity index (χ3n) is 3.94. The highest BCUT2D eigenvalue weighted by atomic mass is 127. The minimum Gasteiger partial charge on any atom is -0.356 e. The Morgan fingerprint density at radius 3 is 2.72 bits per heavy atom. The van der Waals surface area contributed by atoms with E-state index in [1.807, 2.05) is 23.0 Å². The normalized spacial score (nSPS) is 11.8. The number of hydrogen-bond acceptors (Lipinski definition) is 2. The summed E-state index contributed by atoms with van der Waals surface area (Å²) in [5.41, 5.74) is 1.30. The summed E-state index contributed by atoms with van der Waals surface area (Å²) < 4.78 is 3.04. The second-order valence-corrected chi connectivity index (χ2v) is 7.29. The van der Waals surface area contributed by atoms with Crippen LogP contribution in [0.25, 0.3) is 0 Å². The molecule has 1 aromatic carbocycles. The van der Waals surface area contributed by atoms with Crippen molar-refractivity contribution in [2.24, 2.45) is 4.99 Å². The molecule has 0 aliphatic carbocycles. The van der Waals surface area contributed by atoms with Gasteiger partial charge in [0.1, 0.15) is 0 Å². The molecule has 2 aromatic rings. The molecule has 0 spiro atoms. The van der Waals surface area contributed by atoms with Gasteiger partial charge in [-0.3, -0.25) is 9.67 Å². The van der Waals surface area contributed by atoms with Crippen LogP contribution in [0.1, 0.15) is 25.8 Å². The van der Waals surface area contributed by atoms with E-state index in [1.54, 1.807) is 13.2 Å².